The summed E-state index contributed by atoms with van der Waals surface area (Å²) in [5, 5.41) is 3.02. The van der Waals surface area contributed by atoms with Crippen molar-refractivity contribution >= 4 is 19.7 Å². The van der Waals surface area contributed by atoms with Gasteiger partial charge in [0.25, 0.3) is 7.82 Å². The molecule has 9 nitrogen and oxygen atoms in total. The number of phosphoric acid groups is 1. The summed E-state index contributed by atoms with van der Waals surface area (Å²) in [6, 6.07) is -0.898. The van der Waals surface area contributed by atoms with Gasteiger partial charge in [0, 0.05) is 12.8 Å². The number of quaternary nitrogens is 1. The van der Waals surface area contributed by atoms with Crippen molar-refractivity contribution in [2.24, 2.45) is 0 Å². The molecule has 0 aromatic carbocycles. The van der Waals surface area contributed by atoms with Crippen LogP contribution in [0.5, 0.6) is 0 Å². The number of phosphoric ester groups is 1. The number of amides is 1. The molecule has 71 heavy (non-hydrogen) atoms. The minimum atomic E-state index is -4.70. The van der Waals surface area contributed by atoms with Crippen LogP contribution in [0.3, 0.4) is 0 Å². The van der Waals surface area contributed by atoms with Gasteiger partial charge < -0.3 is 28.5 Å². The van der Waals surface area contributed by atoms with Gasteiger partial charge in [-0.25, -0.2) is 0 Å². The van der Waals surface area contributed by atoms with Crippen LogP contribution in [-0.2, 0) is 27.9 Å². The fourth-order valence-electron chi connectivity index (χ4n) is 8.35. The molecule has 3 atom stereocenters. The van der Waals surface area contributed by atoms with Gasteiger partial charge >= 0.3 is 5.97 Å². The number of nitrogens with one attached hydrogen (secondary N) is 1. The molecule has 0 spiro atoms. The van der Waals surface area contributed by atoms with E-state index in [1.165, 1.54) is 135 Å². The second-order valence-corrected chi connectivity index (χ2v) is 22.5. The number of unbranched alkanes of at least 4 members (excludes halogenated alkanes) is 29. The van der Waals surface area contributed by atoms with Gasteiger partial charge in [0.15, 0.2) is 0 Å². The van der Waals surface area contributed by atoms with Crippen molar-refractivity contribution in [2.75, 3.05) is 40.9 Å². The van der Waals surface area contributed by atoms with Crippen LogP contribution in [0, 0.1) is 0 Å². The molecule has 0 aromatic heterocycles. The summed E-state index contributed by atoms with van der Waals surface area (Å²) in [6.07, 6.45) is 63.3. The van der Waals surface area contributed by atoms with Crippen molar-refractivity contribution in [1.82, 2.24) is 5.32 Å². The highest BCUT2D eigenvalue weighted by atomic mass is 31.2. The summed E-state index contributed by atoms with van der Waals surface area (Å²) in [6.45, 7) is 6.71. The lowest BCUT2D eigenvalue weighted by Crippen LogP contribution is -2.47. The molecule has 0 saturated carbocycles. The first-order valence-electron chi connectivity index (χ1n) is 29.6. The third-order valence-electron chi connectivity index (χ3n) is 12.9. The van der Waals surface area contributed by atoms with E-state index in [9.17, 15) is 19.0 Å². The number of esters is 1. The standard InChI is InChI=1S/C61H113N2O7P/c1-7-10-13-16-19-22-25-28-30-31-32-33-34-35-38-41-44-47-50-53-60(64)62-58(57-69-71(66,67)68-56-55-63(4,5)6)59(52-49-46-43-40-37-27-24-21-18-15-12-9-3)70-61(65)54-51-48-45-42-39-36-29-26-23-20-17-14-11-8-2/h11,14,20,23,28-30,36,49,52,58-59H,7-10,12-13,15-19,21-22,24-27,31-35,37-48,50-51,53-57H2,1-6H3,(H-,62,64,66,67)/b14-11+,23-20+,30-28+,36-29+,52-49-. The van der Waals surface area contributed by atoms with Crippen molar-refractivity contribution in [2.45, 2.75) is 277 Å². The summed E-state index contributed by atoms with van der Waals surface area (Å²) in [5.41, 5.74) is 0. The van der Waals surface area contributed by atoms with Crippen molar-refractivity contribution in [3.8, 4) is 0 Å². The Morgan fingerprint density at radius 2 is 0.901 bits per heavy atom. The van der Waals surface area contributed by atoms with Crippen LogP contribution in [0.2, 0.25) is 0 Å². The fourth-order valence-corrected chi connectivity index (χ4v) is 9.08. The first kappa shape index (κ1) is 68.7. The lowest BCUT2D eigenvalue weighted by molar-refractivity contribution is -0.870. The zero-order valence-corrected chi connectivity index (χ0v) is 48.1. The van der Waals surface area contributed by atoms with Gasteiger partial charge in [-0.2, -0.15) is 0 Å². The largest absolute Gasteiger partial charge is 0.756 e. The van der Waals surface area contributed by atoms with Crippen LogP contribution < -0.4 is 10.2 Å². The van der Waals surface area contributed by atoms with Gasteiger partial charge in [0.2, 0.25) is 5.91 Å². The van der Waals surface area contributed by atoms with Crippen molar-refractivity contribution in [3.63, 3.8) is 0 Å². The second kappa shape index (κ2) is 51.2. The third-order valence-corrected chi connectivity index (χ3v) is 13.9. The van der Waals surface area contributed by atoms with E-state index in [-0.39, 0.29) is 24.9 Å². The summed E-state index contributed by atoms with van der Waals surface area (Å²) in [5.74, 6) is -0.567. The molecule has 0 aromatic rings. The molecule has 3 unspecified atom stereocenters. The second-order valence-electron chi connectivity index (χ2n) is 21.1. The normalized spacial score (nSPS) is 14.2. The van der Waals surface area contributed by atoms with Gasteiger partial charge in [-0.15, -0.1) is 0 Å². The Bertz CT molecular complexity index is 1400. The molecule has 414 valence electrons. The quantitative estimate of drug-likeness (QED) is 0.0212. The predicted molar refractivity (Wildman–Crippen MR) is 302 cm³/mol. The number of allylic oxidation sites excluding steroid dienone is 9. The van der Waals surface area contributed by atoms with Crippen LogP contribution in [0.15, 0.2) is 60.8 Å². The van der Waals surface area contributed by atoms with E-state index in [0.29, 0.717) is 23.9 Å². The van der Waals surface area contributed by atoms with Crippen LogP contribution in [0.4, 0.5) is 0 Å². The van der Waals surface area contributed by atoms with Crippen LogP contribution in [0.25, 0.3) is 0 Å². The highest BCUT2D eigenvalue weighted by molar-refractivity contribution is 7.45. The molecule has 1 N–H and O–H groups in total. The molecule has 10 heteroatoms. The maximum atomic E-state index is 13.5. The molecule has 0 aliphatic rings. The molecule has 0 saturated heterocycles. The van der Waals surface area contributed by atoms with Crippen molar-refractivity contribution in [3.05, 3.63) is 60.8 Å². The number of nitrogens with zero attached hydrogens (tertiary/aromatic N) is 1. The SMILES string of the molecule is CC/C=C/C/C=C/C/C=C/CCCCCCC(=O)OC(/C=C\CCCCCCCCCCCC)C(COP(=O)([O-])OCC[N+](C)(C)C)NC(=O)CCCCCCCCCCC/C=C/CCCCCCCC. The molecule has 0 radical (unpaired) electrons. The number of carbonyl (C=O) groups excluding carboxylic acids is 2. The zero-order chi connectivity index (χ0) is 52.2. The first-order valence-corrected chi connectivity index (χ1v) is 31.1. The smallest absolute Gasteiger partial charge is 0.306 e. The topological polar surface area (TPSA) is 114 Å². The van der Waals surface area contributed by atoms with Gasteiger partial charge in [0.1, 0.15) is 19.3 Å². The molecule has 0 aliphatic heterocycles. The highest BCUT2D eigenvalue weighted by Gasteiger charge is 2.27. The van der Waals surface area contributed by atoms with E-state index in [2.05, 4.69) is 74.7 Å². The van der Waals surface area contributed by atoms with Crippen LogP contribution in [-0.4, -0.2) is 69.4 Å². The summed E-state index contributed by atoms with van der Waals surface area (Å²) < 4.78 is 30.2. The number of likely N-dealkylation sites (N-methyl/N-ethyl adjacent to an activating group) is 1. The molecular weight excluding hydrogens is 904 g/mol. The van der Waals surface area contributed by atoms with Crippen molar-refractivity contribution in [1.29, 1.82) is 0 Å². The average molecular weight is 1020 g/mol. The number of rotatable bonds is 53. The molecule has 0 heterocycles. The lowest BCUT2D eigenvalue weighted by atomic mass is 10.0. The maximum absolute atomic E-state index is 13.5. The summed E-state index contributed by atoms with van der Waals surface area (Å²) >= 11 is 0. The number of hydrogen-bond acceptors (Lipinski definition) is 7. The number of hydrogen-bond donors (Lipinski definition) is 1. The zero-order valence-electron chi connectivity index (χ0n) is 47.2. The van der Waals surface area contributed by atoms with E-state index in [4.69, 9.17) is 13.8 Å². The fraction of sp³-hybridized carbons (Fsp3) is 0.803. The molecule has 0 fully saturated rings. The Morgan fingerprint density at radius 3 is 1.37 bits per heavy atom. The van der Waals surface area contributed by atoms with E-state index < -0.39 is 26.6 Å². The Hall–Kier alpha value is -2.29. The number of carbonyl (C=O) groups is 2. The lowest BCUT2D eigenvalue weighted by Gasteiger charge is -2.30. The van der Waals surface area contributed by atoms with Crippen LogP contribution in [0.1, 0.15) is 265 Å². The maximum Gasteiger partial charge on any atom is 0.306 e. The first-order chi connectivity index (χ1) is 34.4. The van der Waals surface area contributed by atoms with Gasteiger partial charge in [-0.05, 0) is 89.5 Å². The Balaban J connectivity index is 5.31. The summed E-state index contributed by atoms with van der Waals surface area (Å²) in [7, 11) is 1.17. The summed E-state index contributed by atoms with van der Waals surface area (Å²) in [4.78, 5) is 39.9. The average Bonchev–Trinajstić information content (AvgIpc) is 3.33. The predicted octanol–water partition coefficient (Wildman–Crippen LogP) is 17.3. The molecular formula is C61H113N2O7P. The van der Waals surface area contributed by atoms with Gasteiger partial charge in [-0.3, -0.25) is 14.2 Å². The highest BCUT2D eigenvalue weighted by Crippen LogP contribution is 2.38. The Morgan fingerprint density at radius 1 is 0.507 bits per heavy atom. The van der Waals surface area contributed by atoms with E-state index in [1.54, 1.807) is 0 Å². The molecule has 0 aliphatic carbocycles. The Labute approximate surface area is 439 Å². The minimum Gasteiger partial charge on any atom is -0.756 e. The van der Waals surface area contributed by atoms with Gasteiger partial charge in [0.05, 0.1) is 33.8 Å². The monoisotopic (exact) mass is 1020 g/mol. The molecule has 0 rings (SSSR count). The van der Waals surface area contributed by atoms with Crippen LogP contribution >= 0.6 is 7.82 Å². The minimum absolute atomic E-state index is 0.0275. The third kappa shape index (κ3) is 52.4. The number of ether oxygens (including phenoxy) is 1. The Kier molecular flexibility index (Phi) is 49.6. The van der Waals surface area contributed by atoms with E-state index in [1.807, 2.05) is 33.3 Å². The molecule has 0 bridgehead atoms. The van der Waals surface area contributed by atoms with E-state index >= 15 is 0 Å². The van der Waals surface area contributed by atoms with E-state index in [0.717, 1.165) is 89.9 Å². The van der Waals surface area contributed by atoms with Crippen molar-refractivity contribution < 1.29 is 37.3 Å². The molecule has 1 amide bonds. The van der Waals surface area contributed by atoms with Gasteiger partial charge in [-0.1, -0.05) is 223 Å².